The Morgan fingerprint density at radius 2 is 1.02 bits per heavy atom. The average Bonchev–Trinajstić information content (AvgIpc) is 3.38. The molecule has 0 aliphatic heterocycles. The first-order chi connectivity index (χ1) is 23.0. The highest BCUT2D eigenvalue weighted by molar-refractivity contribution is 5.88. The van der Waals surface area contributed by atoms with E-state index in [9.17, 15) is 5.26 Å². The third kappa shape index (κ3) is 4.90. The highest BCUT2D eigenvalue weighted by Crippen LogP contribution is 2.50. The second kappa shape index (κ2) is 11.3. The number of benzene rings is 6. The summed E-state index contributed by atoms with van der Waals surface area (Å²) in [6.07, 6.45) is 0. The van der Waals surface area contributed by atoms with Gasteiger partial charge in [0, 0.05) is 27.7 Å². The third-order valence-corrected chi connectivity index (χ3v) is 9.19. The summed E-state index contributed by atoms with van der Waals surface area (Å²) in [5.74, 6) is 1.86. The number of nitriles is 1. The zero-order valence-electron chi connectivity index (χ0n) is 26.1. The van der Waals surface area contributed by atoms with E-state index in [1.54, 1.807) is 0 Å². The van der Waals surface area contributed by atoms with Gasteiger partial charge >= 0.3 is 0 Å². The molecule has 47 heavy (non-hydrogen) atoms. The van der Waals surface area contributed by atoms with Gasteiger partial charge in [0.1, 0.15) is 0 Å². The van der Waals surface area contributed by atoms with Gasteiger partial charge in [-0.3, -0.25) is 0 Å². The molecule has 0 saturated heterocycles. The maximum Gasteiger partial charge on any atom is 0.164 e. The zero-order valence-corrected chi connectivity index (χ0v) is 26.1. The molecule has 1 aromatic heterocycles. The van der Waals surface area contributed by atoms with E-state index in [0.717, 1.165) is 50.1 Å². The molecule has 0 bridgehead atoms. The minimum Gasteiger partial charge on any atom is -0.208 e. The SMILES string of the molecule is CC1(C)c2ccc(-c3cccc(-c4nc(-c5ccccc5)nc(-c5ccccc5-c5ccccc5)n4)c3)cc2-c2c(C#N)cccc21. The summed E-state index contributed by atoms with van der Waals surface area (Å²) in [6.45, 7) is 4.47. The Bertz CT molecular complexity index is 2330. The predicted octanol–water partition coefficient (Wildman–Crippen LogP) is 10.4. The molecular formula is C43H30N4. The van der Waals surface area contributed by atoms with E-state index < -0.39 is 0 Å². The van der Waals surface area contributed by atoms with Gasteiger partial charge < -0.3 is 0 Å². The van der Waals surface area contributed by atoms with E-state index >= 15 is 0 Å². The first-order valence-electron chi connectivity index (χ1n) is 15.8. The number of hydrogen-bond donors (Lipinski definition) is 0. The molecular weight excluding hydrogens is 573 g/mol. The van der Waals surface area contributed by atoms with Crippen LogP contribution in [0.5, 0.6) is 0 Å². The lowest BCUT2D eigenvalue weighted by Crippen LogP contribution is -2.14. The van der Waals surface area contributed by atoms with Crippen LogP contribution in [0.1, 0.15) is 30.5 Å². The van der Waals surface area contributed by atoms with Crippen molar-refractivity contribution in [3.8, 4) is 73.6 Å². The second-order valence-electron chi connectivity index (χ2n) is 12.4. The van der Waals surface area contributed by atoms with Crippen molar-refractivity contribution in [1.29, 1.82) is 5.26 Å². The van der Waals surface area contributed by atoms with E-state index in [0.29, 0.717) is 23.0 Å². The van der Waals surface area contributed by atoms with Crippen molar-refractivity contribution in [3.63, 3.8) is 0 Å². The Morgan fingerprint density at radius 3 is 1.77 bits per heavy atom. The molecule has 0 N–H and O–H groups in total. The van der Waals surface area contributed by atoms with Gasteiger partial charge in [0.25, 0.3) is 0 Å². The first kappa shape index (κ1) is 28.3. The van der Waals surface area contributed by atoms with E-state index in [4.69, 9.17) is 15.0 Å². The summed E-state index contributed by atoms with van der Waals surface area (Å²) >= 11 is 0. The number of nitrogens with zero attached hydrogens (tertiary/aromatic N) is 4. The highest BCUT2D eigenvalue weighted by Gasteiger charge is 2.36. The molecule has 0 atom stereocenters. The molecule has 1 heterocycles. The van der Waals surface area contributed by atoms with Crippen LogP contribution >= 0.6 is 0 Å². The number of rotatable bonds is 5. The predicted molar refractivity (Wildman–Crippen MR) is 189 cm³/mol. The van der Waals surface area contributed by atoms with Gasteiger partial charge in [-0.1, -0.05) is 141 Å². The number of aromatic nitrogens is 3. The molecule has 8 rings (SSSR count). The van der Waals surface area contributed by atoms with Gasteiger partial charge in [-0.15, -0.1) is 0 Å². The summed E-state index contributed by atoms with van der Waals surface area (Å²) in [6, 6.07) is 52.1. The lowest BCUT2D eigenvalue weighted by atomic mass is 9.82. The third-order valence-electron chi connectivity index (χ3n) is 9.19. The normalized spacial score (nSPS) is 12.6. The van der Waals surface area contributed by atoms with Gasteiger partial charge in [-0.25, -0.2) is 15.0 Å². The van der Waals surface area contributed by atoms with Gasteiger partial charge in [0.15, 0.2) is 17.5 Å². The molecule has 4 heteroatoms. The molecule has 7 aromatic rings. The Hall–Kier alpha value is -6.18. The lowest BCUT2D eigenvalue weighted by molar-refractivity contribution is 0.660. The molecule has 1 aliphatic rings. The summed E-state index contributed by atoms with van der Waals surface area (Å²) in [5.41, 5.74) is 12.2. The van der Waals surface area contributed by atoms with Crippen LogP contribution in [0.3, 0.4) is 0 Å². The Morgan fingerprint density at radius 1 is 0.447 bits per heavy atom. The maximum absolute atomic E-state index is 9.97. The van der Waals surface area contributed by atoms with E-state index in [1.807, 2.05) is 72.8 Å². The smallest absolute Gasteiger partial charge is 0.164 e. The van der Waals surface area contributed by atoms with Crippen LogP contribution in [0.25, 0.3) is 67.5 Å². The number of fused-ring (bicyclic) bond motifs is 3. The van der Waals surface area contributed by atoms with Crippen LogP contribution in [0, 0.1) is 11.3 Å². The fraction of sp³-hybridized carbons (Fsp3) is 0.0698. The van der Waals surface area contributed by atoms with Gasteiger partial charge in [0.05, 0.1) is 11.6 Å². The molecule has 0 radical (unpaired) electrons. The Labute approximate surface area is 274 Å². The van der Waals surface area contributed by atoms with Crippen LogP contribution in [-0.2, 0) is 5.41 Å². The van der Waals surface area contributed by atoms with Crippen molar-refractivity contribution < 1.29 is 0 Å². The molecule has 0 fully saturated rings. The van der Waals surface area contributed by atoms with Crippen molar-refractivity contribution in [3.05, 3.63) is 162 Å². The van der Waals surface area contributed by atoms with Crippen LogP contribution in [0.15, 0.2) is 146 Å². The first-order valence-corrected chi connectivity index (χ1v) is 15.8. The van der Waals surface area contributed by atoms with E-state index in [2.05, 4.69) is 92.7 Å². The van der Waals surface area contributed by atoms with E-state index in [1.165, 1.54) is 11.1 Å². The largest absolute Gasteiger partial charge is 0.208 e. The van der Waals surface area contributed by atoms with Crippen molar-refractivity contribution in [1.82, 2.24) is 15.0 Å². The quantitative estimate of drug-likeness (QED) is 0.197. The van der Waals surface area contributed by atoms with Crippen molar-refractivity contribution >= 4 is 0 Å². The molecule has 0 saturated carbocycles. The van der Waals surface area contributed by atoms with Crippen molar-refractivity contribution in [2.24, 2.45) is 0 Å². The molecule has 0 amide bonds. The fourth-order valence-electron chi connectivity index (χ4n) is 6.80. The van der Waals surface area contributed by atoms with Gasteiger partial charge in [-0.2, -0.15) is 5.26 Å². The highest BCUT2D eigenvalue weighted by atomic mass is 15.0. The Balaban J connectivity index is 1.27. The van der Waals surface area contributed by atoms with Gasteiger partial charge in [-0.05, 0) is 57.1 Å². The molecule has 1 aliphatic carbocycles. The minimum atomic E-state index is -0.178. The number of hydrogen-bond acceptors (Lipinski definition) is 4. The summed E-state index contributed by atoms with van der Waals surface area (Å²) in [4.78, 5) is 15.1. The Kier molecular flexibility index (Phi) is 6.82. The summed E-state index contributed by atoms with van der Waals surface area (Å²) in [5, 5.41) is 9.97. The van der Waals surface area contributed by atoms with Crippen LogP contribution < -0.4 is 0 Å². The molecule has 6 aromatic carbocycles. The lowest BCUT2D eigenvalue weighted by Gasteiger charge is -2.21. The van der Waals surface area contributed by atoms with E-state index in [-0.39, 0.29) is 5.41 Å². The maximum atomic E-state index is 9.97. The van der Waals surface area contributed by atoms with Gasteiger partial charge in [0.2, 0.25) is 0 Å². The fourth-order valence-corrected chi connectivity index (χ4v) is 6.80. The van der Waals surface area contributed by atoms with Crippen molar-refractivity contribution in [2.45, 2.75) is 19.3 Å². The standard InChI is InChI=1S/C43H30N4/c1-43(2)37-24-23-31(26-36(37)39-33(27-44)19-12-22-38(39)43)30-17-11-18-32(25-30)41-45-40(29-15-7-4-8-16-29)46-42(47-41)35-21-10-9-20-34(35)28-13-5-3-6-14-28/h3-26H,1-2H3. The summed E-state index contributed by atoms with van der Waals surface area (Å²) in [7, 11) is 0. The molecule has 0 unspecified atom stereocenters. The minimum absolute atomic E-state index is 0.178. The second-order valence-corrected chi connectivity index (χ2v) is 12.4. The van der Waals surface area contributed by atoms with Crippen LogP contribution in [-0.4, -0.2) is 15.0 Å². The monoisotopic (exact) mass is 602 g/mol. The van der Waals surface area contributed by atoms with Crippen LogP contribution in [0.4, 0.5) is 0 Å². The molecule has 222 valence electrons. The molecule has 4 nitrogen and oxygen atoms in total. The van der Waals surface area contributed by atoms with Crippen LogP contribution in [0.2, 0.25) is 0 Å². The summed E-state index contributed by atoms with van der Waals surface area (Å²) < 4.78 is 0. The average molecular weight is 603 g/mol. The molecule has 0 spiro atoms. The zero-order chi connectivity index (χ0) is 32.0. The topological polar surface area (TPSA) is 62.5 Å². The van der Waals surface area contributed by atoms with Crippen molar-refractivity contribution in [2.75, 3.05) is 0 Å².